The average Bonchev–Trinajstić information content (AvgIpc) is 2.34. The van der Waals surface area contributed by atoms with Crippen LogP contribution >= 0.6 is 0 Å². The Labute approximate surface area is 110 Å². The van der Waals surface area contributed by atoms with Crippen LogP contribution in [-0.4, -0.2) is 41.3 Å². The third-order valence-electron chi connectivity index (χ3n) is 3.40. The molecule has 6 heteroatoms. The van der Waals surface area contributed by atoms with Crippen LogP contribution in [0.5, 0.6) is 5.75 Å². The van der Waals surface area contributed by atoms with E-state index in [-0.39, 0.29) is 23.8 Å². The molecule has 0 bridgehead atoms. The van der Waals surface area contributed by atoms with Gasteiger partial charge < -0.3 is 19.8 Å². The quantitative estimate of drug-likeness (QED) is 0.860. The van der Waals surface area contributed by atoms with Crippen LogP contribution in [0.15, 0.2) is 18.2 Å². The van der Waals surface area contributed by atoms with Gasteiger partial charge in [0.2, 0.25) is 0 Å². The number of likely N-dealkylation sites (N-methyl/N-ethyl adjacent to an activating group) is 1. The first-order valence-electron chi connectivity index (χ1n) is 5.89. The Morgan fingerprint density at radius 3 is 2.63 bits per heavy atom. The highest BCUT2D eigenvalue weighted by atomic mass is 16.5. The molecule has 1 aromatic rings. The van der Waals surface area contributed by atoms with Crippen LogP contribution in [0.1, 0.15) is 23.7 Å². The predicted octanol–water partition coefficient (Wildman–Crippen LogP) is 1.45. The highest BCUT2D eigenvalue weighted by Gasteiger charge is 2.34. The summed E-state index contributed by atoms with van der Waals surface area (Å²) in [6.45, 7) is 1.85. The Hall–Kier alpha value is -2.24. The van der Waals surface area contributed by atoms with Gasteiger partial charge in [0.05, 0.1) is 18.2 Å². The molecule has 0 saturated carbocycles. The van der Waals surface area contributed by atoms with Gasteiger partial charge in [-0.15, -0.1) is 0 Å². The molecule has 0 aliphatic carbocycles. The minimum atomic E-state index is -1.09. The second kappa shape index (κ2) is 4.79. The fourth-order valence-electron chi connectivity index (χ4n) is 2.20. The van der Waals surface area contributed by atoms with Crippen molar-refractivity contribution in [2.24, 2.45) is 0 Å². The summed E-state index contributed by atoms with van der Waals surface area (Å²) in [6.07, 6.45) is -0.741. The van der Waals surface area contributed by atoms with E-state index >= 15 is 0 Å². The molecule has 1 aliphatic heterocycles. The van der Waals surface area contributed by atoms with Crippen molar-refractivity contribution in [3.63, 3.8) is 0 Å². The molecule has 2 N–H and O–H groups in total. The smallest absolute Gasteiger partial charge is 0.339 e. The van der Waals surface area contributed by atoms with E-state index in [1.165, 1.54) is 6.07 Å². The van der Waals surface area contributed by atoms with Gasteiger partial charge in [0.15, 0.2) is 5.75 Å². The topological polar surface area (TPSA) is 87.1 Å². The summed E-state index contributed by atoms with van der Waals surface area (Å²) in [6, 6.07) is 4.71. The van der Waals surface area contributed by atoms with E-state index in [2.05, 4.69) is 0 Å². The molecule has 1 aromatic carbocycles. The fourth-order valence-corrected chi connectivity index (χ4v) is 2.20. The maximum absolute atomic E-state index is 11.2. The summed E-state index contributed by atoms with van der Waals surface area (Å²) in [4.78, 5) is 23.9. The van der Waals surface area contributed by atoms with Crippen molar-refractivity contribution in [1.82, 2.24) is 0 Å². The number of aliphatic carboxylic acids is 1. The molecular weight excluding hydrogens is 250 g/mol. The van der Waals surface area contributed by atoms with Gasteiger partial charge in [0, 0.05) is 7.05 Å². The van der Waals surface area contributed by atoms with Gasteiger partial charge in [-0.2, -0.15) is 0 Å². The van der Waals surface area contributed by atoms with E-state index in [1.807, 2.05) is 11.8 Å². The summed E-state index contributed by atoms with van der Waals surface area (Å²) in [5, 5.41) is 18.0. The summed E-state index contributed by atoms with van der Waals surface area (Å²) in [7, 11) is 1.80. The third-order valence-corrected chi connectivity index (χ3v) is 3.40. The van der Waals surface area contributed by atoms with Gasteiger partial charge in [-0.3, -0.25) is 4.79 Å². The highest BCUT2D eigenvalue weighted by molar-refractivity contribution is 5.93. The molecule has 102 valence electrons. The van der Waals surface area contributed by atoms with Gasteiger partial charge in [-0.25, -0.2) is 4.79 Å². The average molecular weight is 265 g/mol. The van der Waals surface area contributed by atoms with Gasteiger partial charge in [-0.05, 0) is 19.1 Å². The number of benzene rings is 1. The normalized spacial score (nSPS) is 21.5. The molecular formula is C13H15NO5. The minimum Gasteiger partial charge on any atom is -0.485 e. The van der Waals surface area contributed by atoms with E-state index < -0.39 is 18.0 Å². The summed E-state index contributed by atoms with van der Waals surface area (Å²) in [5.41, 5.74) is 0.709. The number of anilines is 1. The number of hydrogen-bond acceptors (Lipinski definition) is 4. The van der Waals surface area contributed by atoms with Crippen molar-refractivity contribution in [2.45, 2.75) is 25.5 Å². The first-order chi connectivity index (χ1) is 8.91. The standard InChI is InChI=1S/C13H15NO5/c1-7-10(6-11(15)16)19-12-8(13(17)18)4-3-5-9(12)14(7)2/h3-5,7,10H,6H2,1-2H3,(H,15,16)(H,17,18). The molecule has 0 aromatic heterocycles. The monoisotopic (exact) mass is 265 g/mol. The van der Waals surface area contributed by atoms with Crippen molar-refractivity contribution in [3.05, 3.63) is 23.8 Å². The number of hydrogen-bond donors (Lipinski definition) is 2. The van der Waals surface area contributed by atoms with Gasteiger partial charge in [0.25, 0.3) is 0 Å². The van der Waals surface area contributed by atoms with E-state index in [1.54, 1.807) is 19.2 Å². The van der Waals surface area contributed by atoms with E-state index in [9.17, 15) is 9.59 Å². The van der Waals surface area contributed by atoms with Crippen LogP contribution < -0.4 is 9.64 Å². The van der Waals surface area contributed by atoms with E-state index in [4.69, 9.17) is 14.9 Å². The van der Waals surface area contributed by atoms with E-state index in [0.717, 1.165) is 0 Å². The second-order valence-corrected chi connectivity index (χ2v) is 4.56. The van der Waals surface area contributed by atoms with Crippen molar-refractivity contribution in [2.75, 3.05) is 11.9 Å². The lowest BCUT2D eigenvalue weighted by Crippen LogP contribution is -2.47. The number of carbonyl (C=O) groups is 2. The number of nitrogens with zero attached hydrogens (tertiary/aromatic N) is 1. The molecule has 0 amide bonds. The molecule has 1 aliphatic rings. The van der Waals surface area contributed by atoms with Crippen LogP contribution in [0.3, 0.4) is 0 Å². The number of ether oxygens (including phenoxy) is 1. The van der Waals surface area contributed by atoms with Crippen molar-refractivity contribution in [3.8, 4) is 5.75 Å². The number of carboxylic acid groups (broad SMARTS) is 2. The lowest BCUT2D eigenvalue weighted by molar-refractivity contribution is -0.139. The number of fused-ring (bicyclic) bond motifs is 1. The number of para-hydroxylation sites is 1. The van der Waals surface area contributed by atoms with Crippen LogP contribution in [0.2, 0.25) is 0 Å². The van der Waals surface area contributed by atoms with Crippen LogP contribution in [0.25, 0.3) is 0 Å². The number of carboxylic acids is 2. The van der Waals surface area contributed by atoms with Crippen LogP contribution in [0, 0.1) is 0 Å². The third kappa shape index (κ3) is 2.33. The second-order valence-electron chi connectivity index (χ2n) is 4.56. The summed E-state index contributed by atoms with van der Waals surface area (Å²) in [5.74, 6) is -1.82. The SMILES string of the molecule is CC1C(CC(=O)O)Oc2c(C(=O)O)cccc2N1C. The molecule has 19 heavy (non-hydrogen) atoms. The number of aromatic carboxylic acids is 1. The zero-order chi connectivity index (χ0) is 14.2. The Morgan fingerprint density at radius 1 is 1.37 bits per heavy atom. The van der Waals surface area contributed by atoms with Crippen LogP contribution in [0.4, 0.5) is 5.69 Å². The maximum Gasteiger partial charge on any atom is 0.339 e. The first-order valence-corrected chi connectivity index (χ1v) is 5.89. The minimum absolute atomic E-state index is 0.0478. The van der Waals surface area contributed by atoms with Crippen molar-refractivity contribution in [1.29, 1.82) is 0 Å². The van der Waals surface area contributed by atoms with Gasteiger partial charge in [-0.1, -0.05) is 6.07 Å². The predicted molar refractivity (Wildman–Crippen MR) is 67.9 cm³/mol. The molecule has 0 saturated heterocycles. The maximum atomic E-state index is 11.2. The largest absolute Gasteiger partial charge is 0.485 e. The lowest BCUT2D eigenvalue weighted by Gasteiger charge is -2.39. The Kier molecular flexibility index (Phi) is 3.33. The molecule has 2 rings (SSSR count). The Bertz CT molecular complexity index is 528. The molecule has 2 unspecified atom stereocenters. The number of rotatable bonds is 3. The molecule has 2 atom stereocenters. The van der Waals surface area contributed by atoms with Crippen molar-refractivity contribution < 1.29 is 24.5 Å². The summed E-state index contributed by atoms with van der Waals surface area (Å²) >= 11 is 0. The van der Waals surface area contributed by atoms with E-state index in [0.29, 0.717) is 5.69 Å². The molecule has 6 nitrogen and oxygen atoms in total. The zero-order valence-electron chi connectivity index (χ0n) is 10.7. The molecule has 0 spiro atoms. The first kappa shape index (κ1) is 13.2. The molecule has 0 radical (unpaired) electrons. The Balaban J connectivity index is 2.45. The van der Waals surface area contributed by atoms with Crippen molar-refractivity contribution >= 4 is 17.6 Å². The van der Waals surface area contributed by atoms with Gasteiger partial charge in [0.1, 0.15) is 11.7 Å². The van der Waals surface area contributed by atoms with Gasteiger partial charge >= 0.3 is 11.9 Å². The molecule has 0 fully saturated rings. The summed E-state index contributed by atoms with van der Waals surface area (Å²) < 4.78 is 5.61. The zero-order valence-corrected chi connectivity index (χ0v) is 10.7. The van der Waals surface area contributed by atoms with Crippen LogP contribution in [-0.2, 0) is 4.79 Å². The molecule has 1 heterocycles. The highest BCUT2D eigenvalue weighted by Crippen LogP contribution is 2.38. The Morgan fingerprint density at radius 2 is 2.05 bits per heavy atom. The lowest BCUT2D eigenvalue weighted by atomic mass is 10.0. The fraction of sp³-hybridized carbons (Fsp3) is 0.385.